The van der Waals surface area contributed by atoms with Crippen LogP contribution in [0.1, 0.15) is 43.7 Å². The van der Waals surface area contributed by atoms with E-state index in [0.717, 1.165) is 55.5 Å². The zero-order valence-corrected chi connectivity index (χ0v) is 20.9. The van der Waals surface area contributed by atoms with Crippen LogP contribution in [-0.4, -0.2) is 45.5 Å². The normalized spacial score (nSPS) is 18.0. The molecule has 2 fully saturated rings. The molecule has 1 aromatic carbocycles. The summed E-state index contributed by atoms with van der Waals surface area (Å²) in [6.07, 6.45) is 6.08. The van der Waals surface area contributed by atoms with Crippen molar-refractivity contribution >= 4 is 44.3 Å². The van der Waals surface area contributed by atoms with Crippen molar-refractivity contribution in [1.29, 1.82) is 0 Å². The predicted molar refractivity (Wildman–Crippen MR) is 137 cm³/mol. The van der Waals surface area contributed by atoms with Gasteiger partial charge < -0.3 is 15.5 Å². The molecule has 184 valence electrons. The van der Waals surface area contributed by atoms with Gasteiger partial charge in [0.25, 0.3) is 5.56 Å². The van der Waals surface area contributed by atoms with Gasteiger partial charge in [0.15, 0.2) is 10.8 Å². The van der Waals surface area contributed by atoms with E-state index in [9.17, 15) is 14.4 Å². The average molecular weight is 495 g/mol. The molecule has 2 aliphatic rings. The fourth-order valence-corrected chi connectivity index (χ4v) is 5.53. The first-order valence-corrected chi connectivity index (χ1v) is 13.0. The molecule has 2 N–H and O–H groups in total. The van der Waals surface area contributed by atoms with Crippen molar-refractivity contribution in [2.75, 3.05) is 23.3 Å². The van der Waals surface area contributed by atoms with Crippen LogP contribution in [0, 0.1) is 12.8 Å². The highest BCUT2D eigenvalue weighted by atomic mass is 32.1. The number of carbonyl (C=O) groups is 2. The van der Waals surface area contributed by atoms with Gasteiger partial charge in [-0.05, 0) is 50.2 Å². The predicted octanol–water partition coefficient (Wildman–Crippen LogP) is 2.86. The monoisotopic (exact) mass is 494 g/mol. The quantitative estimate of drug-likeness (QED) is 0.523. The summed E-state index contributed by atoms with van der Waals surface area (Å²) in [5, 5.41) is 6.75. The lowest BCUT2D eigenvalue weighted by molar-refractivity contribution is -0.125. The largest absolute Gasteiger partial charge is 0.353 e. The maximum absolute atomic E-state index is 13.1. The first kappa shape index (κ1) is 23.5. The number of benzene rings is 1. The molecule has 0 radical (unpaired) electrons. The number of aromatic nitrogens is 3. The number of nitrogens with zero attached hydrogens (tertiary/aromatic N) is 4. The van der Waals surface area contributed by atoms with Gasteiger partial charge in [-0.1, -0.05) is 36.5 Å². The highest BCUT2D eigenvalue weighted by molar-refractivity contribution is 7.22. The van der Waals surface area contributed by atoms with Gasteiger partial charge in [0.05, 0.1) is 5.92 Å². The van der Waals surface area contributed by atoms with Gasteiger partial charge in [-0.2, -0.15) is 4.98 Å². The summed E-state index contributed by atoms with van der Waals surface area (Å²) in [6.45, 7) is 5.25. The standard InChI is InChI=1S/C25H30N6O3S/c1-3-16-7-4-6-15(2)20(16)28-19(32)13-31-14-26-22-21(24(31)34)35-25(29-22)30-11-5-8-17(12-30)23(33)27-18-9-10-18/h4,6-7,14,17-18H,3,5,8-13H2,1-2H3,(H,27,33)(H,28,32)/t17-/m0/s1. The Hall–Kier alpha value is -3.27. The van der Waals surface area contributed by atoms with Gasteiger partial charge in [-0.15, -0.1) is 0 Å². The zero-order valence-electron chi connectivity index (χ0n) is 20.0. The molecule has 0 bridgehead atoms. The third-order valence-electron chi connectivity index (χ3n) is 6.68. The zero-order chi connectivity index (χ0) is 24.5. The second-order valence-electron chi connectivity index (χ2n) is 9.41. The molecular weight excluding hydrogens is 464 g/mol. The fraction of sp³-hybridized carbons (Fsp3) is 0.480. The van der Waals surface area contributed by atoms with Gasteiger partial charge in [-0.25, -0.2) is 4.98 Å². The number of hydrogen-bond acceptors (Lipinski definition) is 7. The average Bonchev–Trinajstić information content (AvgIpc) is 3.56. The van der Waals surface area contributed by atoms with E-state index in [1.54, 1.807) is 0 Å². The van der Waals surface area contributed by atoms with E-state index in [-0.39, 0.29) is 29.8 Å². The molecule has 10 heteroatoms. The summed E-state index contributed by atoms with van der Waals surface area (Å²) in [7, 11) is 0. The summed E-state index contributed by atoms with van der Waals surface area (Å²) >= 11 is 1.28. The molecule has 1 atom stereocenters. The third kappa shape index (κ3) is 5.07. The second kappa shape index (κ2) is 9.77. The number of amides is 2. The maximum Gasteiger partial charge on any atom is 0.273 e. The fourth-order valence-electron chi connectivity index (χ4n) is 4.53. The number of carbonyl (C=O) groups excluding carboxylic acids is 2. The molecule has 1 saturated carbocycles. The number of hydrogen-bond donors (Lipinski definition) is 2. The van der Waals surface area contributed by atoms with Crippen molar-refractivity contribution in [3.05, 3.63) is 46.0 Å². The Morgan fingerprint density at radius 1 is 1.23 bits per heavy atom. The Balaban J connectivity index is 1.31. The highest BCUT2D eigenvalue weighted by Crippen LogP contribution is 2.30. The number of anilines is 2. The number of aryl methyl sites for hydroxylation is 2. The molecule has 9 nitrogen and oxygen atoms in total. The topological polar surface area (TPSA) is 109 Å². The Morgan fingerprint density at radius 2 is 2.06 bits per heavy atom. The lowest BCUT2D eigenvalue weighted by atomic mass is 9.97. The summed E-state index contributed by atoms with van der Waals surface area (Å²) < 4.78 is 1.75. The molecule has 35 heavy (non-hydrogen) atoms. The molecule has 2 aromatic heterocycles. The van der Waals surface area contributed by atoms with Crippen LogP contribution in [0.2, 0.25) is 0 Å². The Morgan fingerprint density at radius 3 is 2.83 bits per heavy atom. The van der Waals surface area contributed by atoms with Crippen LogP contribution >= 0.6 is 11.3 Å². The lowest BCUT2D eigenvalue weighted by Crippen LogP contribution is -2.43. The molecular formula is C25H30N6O3S. The van der Waals surface area contributed by atoms with Gasteiger partial charge >= 0.3 is 0 Å². The molecule has 0 unspecified atom stereocenters. The molecule has 3 heterocycles. The van der Waals surface area contributed by atoms with Gasteiger partial charge in [0.2, 0.25) is 11.8 Å². The minimum atomic E-state index is -0.283. The highest BCUT2D eigenvalue weighted by Gasteiger charge is 2.31. The number of nitrogens with one attached hydrogen (secondary N) is 2. The number of thiazole rings is 1. The number of fused-ring (bicyclic) bond motifs is 1. The van der Waals surface area contributed by atoms with Crippen LogP contribution in [0.25, 0.3) is 10.3 Å². The van der Waals surface area contributed by atoms with E-state index < -0.39 is 0 Å². The van der Waals surface area contributed by atoms with Crippen LogP contribution < -0.4 is 21.1 Å². The third-order valence-corrected chi connectivity index (χ3v) is 7.77. The Bertz CT molecular complexity index is 1330. The SMILES string of the molecule is CCc1cccc(C)c1NC(=O)Cn1cnc2nc(N3CCC[C@H](C(=O)NC4CC4)C3)sc2c1=O. The first-order valence-electron chi connectivity index (χ1n) is 12.2. The molecule has 1 aliphatic carbocycles. The van der Waals surface area contributed by atoms with Gasteiger partial charge in [-0.3, -0.25) is 19.0 Å². The Kier molecular flexibility index (Phi) is 6.55. The molecule has 3 aromatic rings. The summed E-state index contributed by atoms with van der Waals surface area (Å²) in [6, 6.07) is 6.26. The first-order chi connectivity index (χ1) is 16.9. The molecule has 5 rings (SSSR count). The number of para-hydroxylation sites is 1. The van der Waals surface area contributed by atoms with Crippen molar-refractivity contribution < 1.29 is 9.59 Å². The molecule has 0 spiro atoms. The smallest absolute Gasteiger partial charge is 0.273 e. The molecule has 2 amide bonds. The van der Waals surface area contributed by atoms with Crippen molar-refractivity contribution in [2.24, 2.45) is 5.92 Å². The lowest BCUT2D eigenvalue weighted by Gasteiger charge is -2.31. The van der Waals surface area contributed by atoms with E-state index in [2.05, 4.69) is 25.5 Å². The second-order valence-corrected chi connectivity index (χ2v) is 10.4. The van der Waals surface area contributed by atoms with E-state index in [4.69, 9.17) is 0 Å². The van der Waals surface area contributed by atoms with E-state index in [1.165, 1.54) is 22.2 Å². The van der Waals surface area contributed by atoms with Crippen molar-refractivity contribution in [3.63, 3.8) is 0 Å². The molecule has 1 saturated heterocycles. The summed E-state index contributed by atoms with van der Waals surface area (Å²) in [4.78, 5) is 49.4. The van der Waals surface area contributed by atoms with Crippen LogP contribution in [0.3, 0.4) is 0 Å². The van der Waals surface area contributed by atoms with Crippen LogP contribution in [0.5, 0.6) is 0 Å². The van der Waals surface area contributed by atoms with Gasteiger partial charge in [0.1, 0.15) is 17.6 Å². The van der Waals surface area contributed by atoms with E-state index in [0.29, 0.717) is 28.1 Å². The van der Waals surface area contributed by atoms with Crippen molar-refractivity contribution in [2.45, 2.75) is 58.5 Å². The van der Waals surface area contributed by atoms with E-state index in [1.807, 2.05) is 32.0 Å². The number of piperidine rings is 1. The summed E-state index contributed by atoms with van der Waals surface area (Å²) in [5.41, 5.74) is 2.93. The van der Waals surface area contributed by atoms with Gasteiger partial charge in [0, 0.05) is 24.8 Å². The minimum absolute atomic E-state index is 0.0702. The Labute approximate surface area is 207 Å². The van der Waals surface area contributed by atoms with E-state index >= 15 is 0 Å². The van der Waals surface area contributed by atoms with Crippen LogP contribution in [0.15, 0.2) is 29.3 Å². The summed E-state index contributed by atoms with van der Waals surface area (Å²) in [5.74, 6) is -0.230. The van der Waals surface area contributed by atoms with Crippen LogP contribution in [-0.2, 0) is 22.6 Å². The van der Waals surface area contributed by atoms with Crippen molar-refractivity contribution in [3.8, 4) is 0 Å². The number of rotatable bonds is 7. The van der Waals surface area contributed by atoms with Crippen molar-refractivity contribution in [1.82, 2.24) is 19.9 Å². The minimum Gasteiger partial charge on any atom is -0.353 e. The molecule has 1 aliphatic heterocycles. The maximum atomic E-state index is 13.1. The van der Waals surface area contributed by atoms with Crippen LogP contribution in [0.4, 0.5) is 10.8 Å².